The monoisotopic (exact) mass is 367 g/mol. The van der Waals surface area contributed by atoms with Gasteiger partial charge in [-0.05, 0) is 36.4 Å². The van der Waals surface area contributed by atoms with Gasteiger partial charge in [-0.25, -0.2) is 0 Å². The first-order valence-electron chi connectivity index (χ1n) is 9.03. The molecular formula is C21H25N3O3. The first-order valence-corrected chi connectivity index (χ1v) is 9.03. The molecule has 1 N–H and O–H groups in total. The van der Waals surface area contributed by atoms with Crippen LogP contribution in [-0.4, -0.2) is 28.8 Å². The minimum Gasteiger partial charge on any atom is -0.348 e. The maximum absolute atomic E-state index is 12.1. The molecule has 0 atom stereocenters. The second-order valence-corrected chi connectivity index (χ2v) is 6.10. The Labute approximate surface area is 159 Å². The molecule has 0 aromatic heterocycles. The van der Waals surface area contributed by atoms with Crippen molar-refractivity contribution in [2.45, 2.75) is 26.9 Å². The molecule has 0 bridgehead atoms. The van der Waals surface area contributed by atoms with Gasteiger partial charge in [-0.3, -0.25) is 19.8 Å². The Balaban J connectivity index is 2.01. The van der Waals surface area contributed by atoms with E-state index in [1.54, 1.807) is 18.2 Å². The van der Waals surface area contributed by atoms with E-state index in [4.69, 9.17) is 0 Å². The Morgan fingerprint density at radius 3 is 2.37 bits per heavy atom. The molecule has 0 aliphatic carbocycles. The molecular weight excluding hydrogens is 342 g/mol. The Hall–Kier alpha value is -2.99. The molecule has 0 fully saturated rings. The van der Waals surface area contributed by atoms with E-state index in [9.17, 15) is 14.9 Å². The summed E-state index contributed by atoms with van der Waals surface area (Å²) >= 11 is 0. The van der Waals surface area contributed by atoms with Gasteiger partial charge < -0.3 is 5.32 Å². The van der Waals surface area contributed by atoms with Crippen molar-refractivity contribution < 1.29 is 9.72 Å². The molecule has 0 saturated heterocycles. The van der Waals surface area contributed by atoms with Gasteiger partial charge in [0, 0.05) is 25.2 Å². The van der Waals surface area contributed by atoms with Crippen LogP contribution in [0.2, 0.25) is 0 Å². The van der Waals surface area contributed by atoms with Crippen LogP contribution >= 0.6 is 0 Å². The third kappa shape index (κ3) is 6.04. The molecule has 0 saturated carbocycles. The normalized spacial score (nSPS) is 11.1. The fourth-order valence-corrected chi connectivity index (χ4v) is 2.77. The fraction of sp³-hybridized carbons (Fsp3) is 0.286. The van der Waals surface area contributed by atoms with E-state index in [2.05, 4.69) is 30.1 Å². The van der Waals surface area contributed by atoms with Gasteiger partial charge in [0.1, 0.15) is 0 Å². The lowest BCUT2D eigenvalue weighted by Crippen LogP contribution is -2.25. The third-order valence-corrected chi connectivity index (χ3v) is 4.41. The van der Waals surface area contributed by atoms with Gasteiger partial charge in [0.2, 0.25) is 5.91 Å². The number of carbonyl (C=O) groups excluding carboxylic acids is 1. The largest absolute Gasteiger partial charge is 0.348 e. The summed E-state index contributed by atoms with van der Waals surface area (Å²) in [6.45, 7) is 7.44. The smallest absolute Gasteiger partial charge is 0.276 e. The van der Waals surface area contributed by atoms with E-state index in [1.165, 1.54) is 23.8 Å². The highest BCUT2D eigenvalue weighted by molar-refractivity contribution is 5.92. The highest BCUT2D eigenvalue weighted by Crippen LogP contribution is 2.18. The van der Waals surface area contributed by atoms with E-state index in [0.29, 0.717) is 12.1 Å². The summed E-state index contributed by atoms with van der Waals surface area (Å²) in [6.07, 6.45) is 2.80. The SMILES string of the molecule is CCN(CC)Cc1ccccc1CNC(=O)/C=C/c1ccccc1[N+](=O)[O-]. The van der Waals surface area contributed by atoms with E-state index >= 15 is 0 Å². The van der Waals surface area contributed by atoms with Crippen LogP contribution in [0.3, 0.4) is 0 Å². The second kappa shape index (κ2) is 10.2. The molecule has 1 amide bonds. The van der Waals surface area contributed by atoms with Crippen LogP contribution < -0.4 is 5.32 Å². The quantitative estimate of drug-likeness (QED) is 0.416. The van der Waals surface area contributed by atoms with Crippen LogP contribution in [-0.2, 0) is 17.9 Å². The number of nitrogens with zero attached hydrogens (tertiary/aromatic N) is 2. The summed E-state index contributed by atoms with van der Waals surface area (Å²) < 4.78 is 0. The molecule has 142 valence electrons. The van der Waals surface area contributed by atoms with Crippen molar-refractivity contribution in [2.75, 3.05) is 13.1 Å². The molecule has 0 heterocycles. The Kier molecular flexibility index (Phi) is 7.70. The molecule has 2 aromatic rings. The number of benzene rings is 2. The first-order chi connectivity index (χ1) is 13.0. The van der Waals surface area contributed by atoms with Crippen LogP contribution in [0.1, 0.15) is 30.5 Å². The molecule has 0 unspecified atom stereocenters. The number of hydrogen-bond donors (Lipinski definition) is 1. The first kappa shape index (κ1) is 20.3. The number of nitro benzene ring substituents is 1. The molecule has 0 aliphatic rings. The number of amides is 1. The van der Waals surface area contributed by atoms with Crippen LogP contribution in [0.4, 0.5) is 5.69 Å². The Bertz CT molecular complexity index is 814. The van der Waals surface area contributed by atoms with Crippen molar-refractivity contribution >= 4 is 17.7 Å². The highest BCUT2D eigenvalue weighted by Gasteiger charge is 2.10. The lowest BCUT2D eigenvalue weighted by atomic mass is 10.1. The van der Waals surface area contributed by atoms with Crippen LogP contribution in [0.25, 0.3) is 6.08 Å². The van der Waals surface area contributed by atoms with Crippen molar-refractivity contribution in [3.05, 3.63) is 81.4 Å². The van der Waals surface area contributed by atoms with Crippen molar-refractivity contribution in [2.24, 2.45) is 0 Å². The minimum absolute atomic E-state index is 0.0221. The number of para-hydroxylation sites is 1. The molecule has 6 nitrogen and oxygen atoms in total. The topological polar surface area (TPSA) is 75.5 Å². The summed E-state index contributed by atoms with van der Waals surface area (Å²) in [5.74, 6) is -0.286. The van der Waals surface area contributed by atoms with Crippen LogP contribution in [0.5, 0.6) is 0 Å². The standard InChI is InChI=1S/C21H25N3O3/c1-3-23(4-2)16-19-11-6-5-10-18(19)15-22-21(25)14-13-17-9-7-8-12-20(17)24(26)27/h5-14H,3-4,15-16H2,1-2H3,(H,22,25)/b14-13+. The summed E-state index contributed by atoms with van der Waals surface area (Å²) in [5.41, 5.74) is 2.63. The summed E-state index contributed by atoms with van der Waals surface area (Å²) in [4.78, 5) is 25.0. The number of hydrogen-bond acceptors (Lipinski definition) is 4. The minimum atomic E-state index is -0.457. The van der Waals surface area contributed by atoms with Crippen LogP contribution in [0, 0.1) is 10.1 Å². The van der Waals surface area contributed by atoms with E-state index < -0.39 is 4.92 Å². The summed E-state index contributed by atoms with van der Waals surface area (Å²) in [6, 6.07) is 14.4. The zero-order valence-electron chi connectivity index (χ0n) is 15.7. The zero-order chi connectivity index (χ0) is 19.6. The second-order valence-electron chi connectivity index (χ2n) is 6.10. The van der Waals surface area contributed by atoms with Crippen molar-refractivity contribution in [1.29, 1.82) is 0 Å². The van der Waals surface area contributed by atoms with E-state index in [0.717, 1.165) is 25.2 Å². The molecule has 2 aromatic carbocycles. The van der Waals surface area contributed by atoms with Gasteiger partial charge in [0.15, 0.2) is 0 Å². The average molecular weight is 367 g/mol. The molecule has 27 heavy (non-hydrogen) atoms. The molecule has 6 heteroatoms. The number of nitrogens with one attached hydrogen (secondary N) is 1. The number of carbonyl (C=O) groups is 1. The maximum Gasteiger partial charge on any atom is 0.276 e. The number of nitro groups is 1. The lowest BCUT2D eigenvalue weighted by molar-refractivity contribution is -0.385. The zero-order valence-corrected chi connectivity index (χ0v) is 15.7. The average Bonchev–Trinajstić information content (AvgIpc) is 2.69. The third-order valence-electron chi connectivity index (χ3n) is 4.41. The predicted octanol–water partition coefficient (Wildman–Crippen LogP) is 3.77. The summed E-state index contributed by atoms with van der Waals surface area (Å²) in [7, 11) is 0. The van der Waals surface area contributed by atoms with Gasteiger partial charge in [-0.2, -0.15) is 0 Å². The van der Waals surface area contributed by atoms with Crippen molar-refractivity contribution in [3.8, 4) is 0 Å². The molecule has 0 spiro atoms. The Morgan fingerprint density at radius 2 is 1.70 bits per heavy atom. The maximum atomic E-state index is 12.1. The van der Waals surface area contributed by atoms with E-state index in [-0.39, 0.29) is 11.6 Å². The Morgan fingerprint density at radius 1 is 1.07 bits per heavy atom. The van der Waals surface area contributed by atoms with Gasteiger partial charge in [-0.15, -0.1) is 0 Å². The lowest BCUT2D eigenvalue weighted by Gasteiger charge is -2.20. The predicted molar refractivity (Wildman–Crippen MR) is 107 cm³/mol. The molecule has 0 radical (unpaired) electrons. The van der Waals surface area contributed by atoms with Crippen molar-refractivity contribution in [1.82, 2.24) is 10.2 Å². The van der Waals surface area contributed by atoms with E-state index in [1.807, 2.05) is 18.2 Å². The van der Waals surface area contributed by atoms with Crippen LogP contribution in [0.15, 0.2) is 54.6 Å². The molecule has 2 rings (SSSR count). The number of rotatable bonds is 9. The van der Waals surface area contributed by atoms with Gasteiger partial charge in [-0.1, -0.05) is 50.2 Å². The summed E-state index contributed by atoms with van der Waals surface area (Å²) in [5, 5.41) is 13.9. The van der Waals surface area contributed by atoms with Gasteiger partial charge in [0.05, 0.1) is 10.5 Å². The van der Waals surface area contributed by atoms with Crippen molar-refractivity contribution in [3.63, 3.8) is 0 Å². The fourth-order valence-electron chi connectivity index (χ4n) is 2.77. The highest BCUT2D eigenvalue weighted by atomic mass is 16.6. The van der Waals surface area contributed by atoms with Gasteiger partial charge in [0.25, 0.3) is 5.69 Å². The van der Waals surface area contributed by atoms with Gasteiger partial charge >= 0.3 is 0 Å². The molecule has 0 aliphatic heterocycles.